The third-order valence-electron chi connectivity index (χ3n) is 3.86. The number of aromatic nitrogens is 2. The molecule has 1 aromatic heterocycles. The lowest BCUT2D eigenvalue weighted by molar-refractivity contribution is 0.475. The fourth-order valence-electron chi connectivity index (χ4n) is 2.51. The molecule has 0 aromatic carbocycles. The van der Waals surface area contributed by atoms with Crippen molar-refractivity contribution >= 4 is 0 Å². The fraction of sp³-hybridized carbons (Fsp3) is 0.769. The number of hydrogen-bond acceptors (Lipinski definition) is 2. The Balaban J connectivity index is 1.82. The molecule has 90 valence electrons. The Morgan fingerprint density at radius 1 is 1.25 bits per heavy atom. The summed E-state index contributed by atoms with van der Waals surface area (Å²) in [6.45, 7) is 8.44. The Morgan fingerprint density at radius 3 is 2.50 bits per heavy atom. The summed E-state index contributed by atoms with van der Waals surface area (Å²) in [4.78, 5) is 0. The maximum atomic E-state index is 4.55. The zero-order valence-corrected chi connectivity index (χ0v) is 10.7. The molecular formula is C13H23N3. The van der Waals surface area contributed by atoms with Crippen LogP contribution in [0.2, 0.25) is 0 Å². The van der Waals surface area contributed by atoms with E-state index in [0.29, 0.717) is 0 Å². The van der Waals surface area contributed by atoms with Gasteiger partial charge in [-0.05, 0) is 39.2 Å². The van der Waals surface area contributed by atoms with E-state index in [1.807, 2.05) is 0 Å². The molecule has 0 bridgehead atoms. The number of rotatable bonds is 4. The Morgan fingerprint density at radius 2 is 1.94 bits per heavy atom. The van der Waals surface area contributed by atoms with Crippen LogP contribution >= 0.6 is 0 Å². The Kier molecular flexibility index (Phi) is 3.64. The highest BCUT2D eigenvalue weighted by Crippen LogP contribution is 2.17. The van der Waals surface area contributed by atoms with Crippen LogP contribution in [0, 0.1) is 20.8 Å². The number of aryl methyl sites for hydroxylation is 1. The van der Waals surface area contributed by atoms with Crippen LogP contribution in [0.3, 0.4) is 0 Å². The van der Waals surface area contributed by atoms with Gasteiger partial charge in [0.25, 0.3) is 0 Å². The molecule has 16 heavy (non-hydrogen) atoms. The van der Waals surface area contributed by atoms with Crippen molar-refractivity contribution in [2.45, 2.75) is 59.0 Å². The molecule has 1 heterocycles. The molecule has 0 atom stereocenters. The van der Waals surface area contributed by atoms with Crippen molar-refractivity contribution in [2.75, 3.05) is 6.54 Å². The Hall–Kier alpha value is -0.830. The van der Waals surface area contributed by atoms with Crippen molar-refractivity contribution < 1.29 is 0 Å². The van der Waals surface area contributed by atoms with Gasteiger partial charge in [0.05, 0.1) is 12.2 Å². The third-order valence-corrected chi connectivity index (χ3v) is 3.86. The van der Waals surface area contributed by atoms with Gasteiger partial charge < -0.3 is 5.32 Å². The molecule has 0 radical (unpaired) electrons. The van der Waals surface area contributed by atoms with Crippen LogP contribution in [0.5, 0.6) is 0 Å². The molecular weight excluding hydrogens is 198 g/mol. The monoisotopic (exact) mass is 221 g/mol. The van der Waals surface area contributed by atoms with Crippen molar-refractivity contribution in [3.05, 3.63) is 17.0 Å². The van der Waals surface area contributed by atoms with Gasteiger partial charge in [-0.1, -0.05) is 12.8 Å². The second-order valence-corrected chi connectivity index (χ2v) is 4.95. The van der Waals surface area contributed by atoms with Gasteiger partial charge in [-0.2, -0.15) is 5.10 Å². The average molecular weight is 221 g/mol. The maximum absolute atomic E-state index is 4.55. The highest BCUT2D eigenvalue weighted by Gasteiger charge is 2.14. The van der Waals surface area contributed by atoms with Crippen molar-refractivity contribution in [2.24, 2.45) is 0 Å². The summed E-state index contributed by atoms with van der Waals surface area (Å²) in [5, 5.41) is 8.18. The van der Waals surface area contributed by atoms with E-state index in [1.54, 1.807) is 0 Å². The quantitative estimate of drug-likeness (QED) is 0.845. The maximum Gasteiger partial charge on any atom is 0.0625 e. The topological polar surface area (TPSA) is 29.9 Å². The lowest BCUT2D eigenvalue weighted by Gasteiger charge is -2.12. The molecule has 1 saturated carbocycles. The van der Waals surface area contributed by atoms with Crippen molar-refractivity contribution in [1.29, 1.82) is 0 Å². The highest BCUT2D eigenvalue weighted by atomic mass is 15.3. The predicted octanol–water partition coefficient (Wildman–Crippen LogP) is 2.34. The minimum Gasteiger partial charge on any atom is -0.312 e. The van der Waals surface area contributed by atoms with Gasteiger partial charge in [0, 0.05) is 18.3 Å². The van der Waals surface area contributed by atoms with Gasteiger partial charge in [0.15, 0.2) is 0 Å². The standard InChI is InChI=1S/C13H23N3/c1-10-11(2)15-16(12(10)3)9-8-14-13-6-4-5-7-13/h13-14H,4-9H2,1-3H3. The van der Waals surface area contributed by atoms with Crippen LogP contribution in [-0.2, 0) is 6.54 Å². The van der Waals surface area contributed by atoms with Gasteiger partial charge in [0.1, 0.15) is 0 Å². The lowest BCUT2D eigenvalue weighted by Crippen LogP contribution is -2.29. The first-order chi connectivity index (χ1) is 7.68. The summed E-state index contributed by atoms with van der Waals surface area (Å²) in [5.74, 6) is 0. The first-order valence-corrected chi connectivity index (χ1v) is 6.42. The fourth-order valence-corrected chi connectivity index (χ4v) is 2.51. The number of nitrogens with zero attached hydrogens (tertiary/aromatic N) is 2. The molecule has 1 N–H and O–H groups in total. The van der Waals surface area contributed by atoms with Gasteiger partial charge in [-0.3, -0.25) is 4.68 Å². The van der Waals surface area contributed by atoms with Gasteiger partial charge in [-0.25, -0.2) is 0 Å². The van der Waals surface area contributed by atoms with E-state index < -0.39 is 0 Å². The molecule has 0 spiro atoms. The zero-order valence-electron chi connectivity index (χ0n) is 10.7. The van der Waals surface area contributed by atoms with E-state index in [0.717, 1.165) is 19.1 Å². The van der Waals surface area contributed by atoms with Crippen LogP contribution in [0.1, 0.15) is 42.6 Å². The molecule has 1 aliphatic carbocycles. The van der Waals surface area contributed by atoms with E-state index in [2.05, 4.69) is 35.9 Å². The molecule has 0 unspecified atom stereocenters. The first kappa shape index (κ1) is 11.6. The minimum atomic E-state index is 0.762. The van der Waals surface area contributed by atoms with Gasteiger partial charge in [0.2, 0.25) is 0 Å². The molecule has 3 heteroatoms. The summed E-state index contributed by atoms with van der Waals surface area (Å²) in [6, 6.07) is 0.762. The lowest BCUT2D eigenvalue weighted by atomic mass is 10.2. The molecule has 0 aliphatic heterocycles. The molecule has 3 nitrogen and oxygen atoms in total. The Labute approximate surface area is 98.2 Å². The zero-order chi connectivity index (χ0) is 11.5. The highest BCUT2D eigenvalue weighted by molar-refractivity contribution is 5.22. The second-order valence-electron chi connectivity index (χ2n) is 4.95. The molecule has 1 aliphatic rings. The summed E-state index contributed by atoms with van der Waals surface area (Å²) in [5.41, 5.74) is 3.81. The van der Waals surface area contributed by atoms with Gasteiger partial charge >= 0.3 is 0 Å². The third kappa shape index (κ3) is 2.46. The first-order valence-electron chi connectivity index (χ1n) is 6.42. The summed E-state index contributed by atoms with van der Waals surface area (Å²) >= 11 is 0. The molecule has 0 amide bonds. The SMILES string of the molecule is Cc1nn(CCNC2CCCC2)c(C)c1C. The van der Waals surface area contributed by atoms with Crippen LogP contribution in [0.25, 0.3) is 0 Å². The normalized spacial score (nSPS) is 17.2. The van der Waals surface area contributed by atoms with E-state index in [4.69, 9.17) is 0 Å². The van der Waals surface area contributed by atoms with Crippen LogP contribution < -0.4 is 5.32 Å². The van der Waals surface area contributed by atoms with Crippen molar-refractivity contribution in [1.82, 2.24) is 15.1 Å². The predicted molar refractivity (Wildman–Crippen MR) is 66.7 cm³/mol. The molecule has 1 fully saturated rings. The number of nitrogens with one attached hydrogen (secondary N) is 1. The summed E-state index contributed by atoms with van der Waals surface area (Å²) in [7, 11) is 0. The average Bonchev–Trinajstić information content (AvgIpc) is 2.85. The minimum absolute atomic E-state index is 0.762. The van der Waals surface area contributed by atoms with E-state index >= 15 is 0 Å². The van der Waals surface area contributed by atoms with Crippen molar-refractivity contribution in [3.8, 4) is 0 Å². The van der Waals surface area contributed by atoms with E-state index in [-0.39, 0.29) is 0 Å². The molecule has 1 aromatic rings. The van der Waals surface area contributed by atoms with E-state index in [9.17, 15) is 0 Å². The summed E-state index contributed by atoms with van der Waals surface area (Å²) < 4.78 is 2.13. The van der Waals surface area contributed by atoms with Crippen molar-refractivity contribution in [3.63, 3.8) is 0 Å². The molecule has 0 saturated heterocycles. The van der Waals surface area contributed by atoms with Crippen LogP contribution in [0.15, 0.2) is 0 Å². The van der Waals surface area contributed by atoms with Gasteiger partial charge in [-0.15, -0.1) is 0 Å². The largest absolute Gasteiger partial charge is 0.312 e. The van der Waals surface area contributed by atoms with Crippen LogP contribution in [-0.4, -0.2) is 22.4 Å². The smallest absolute Gasteiger partial charge is 0.0625 e. The van der Waals surface area contributed by atoms with E-state index in [1.165, 1.54) is 42.6 Å². The summed E-state index contributed by atoms with van der Waals surface area (Å²) in [6.07, 6.45) is 5.51. The second kappa shape index (κ2) is 5.00. The Bertz CT molecular complexity index is 348. The molecule has 2 rings (SSSR count). The number of hydrogen-bond donors (Lipinski definition) is 1. The van der Waals surface area contributed by atoms with Crippen LogP contribution in [0.4, 0.5) is 0 Å².